The summed E-state index contributed by atoms with van der Waals surface area (Å²) in [6.07, 6.45) is 0. The Hall–Kier alpha value is 2.68. The van der Waals surface area contributed by atoms with E-state index in [4.69, 9.17) is 0 Å². The van der Waals surface area contributed by atoms with Crippen molar-refractivity contribution in [1.82, 2.24) is 0 Å². The van der Waals surface area contributed by atoms with E-state index in [9.17, 15) is 0 Å². The van der Waals surface area contributed by atoms with Crippen LogP contribution in [0.25, 0.3) is 0 Å². The number of hydrogen-bond donors (Lipinski definition) is 0. The molecule has 0 nitrogen and oxygen atoms in total. The van der Waals surface area contributed by atoms with Crippen molar-refractivity contribution in [1.29, 1.82) is 0 Å². The van der Waals surface area contributed by atoms with Crippen LogP contribution in [0.5, 0.6) is 0 Å². The fourth-order valence-corrected chi connectivity index (χ4v) is 0. The summed E-state index contributed by atoms with van der Waals surface area (Å²) < 4.78 is 0. The molecule has 4 radical (unpaired) electrons. The molecule has 0 unspecified atom stereocenters. The fourth-order valence-electron chi connectivity index (χ4n) is 0. The SMILES string of the molecule is [Co].[In+3].[In].[P-3]. The zero-order chi connectivity index (χ0) is 0. The molecule has 0 aromatic heterocycles. The predicted octanol–water partition coefficient (Wildman–Crippen LogP) is 0.0971. The first-order chi connectivity index (χ1) is 0. The van der Waals surface area contributed by atoms with E-state index in [1.807, 2.05) is 0 Å². The van der Waals surface area contributed by atoms with Gasteiger partial charge in [-0.1, -0.05) is 0 Å². The summed E-state index contributed by atoms with van der Waals surface area (Å²) in [4.78, 5) is 0. The molecule has 4 heavy (non-hydrogen) atoms. The Bertz CT molecular complexity index is 6.00. The second kappa shape index (κ2) is 17.3. The van der Waals surface area contributed by atoms with Gasteiger partial charge in [-0.05, 0) is 0 Å². The zero-order valence-corrected chi connectivity index (χ0v) is 10.5. The van der Waals surface area contributed by atoms with Crippen LogP contribution in [-0.4, -0.2) is 51.7 Å². The van der Waals surface area contributed by atoms with Crippen molar-refractivity contribution in [2.24, 2.45) is 0 Å². The first kappa shape index (κ1) is 30.0. The quantitative estimate of drug-likeness (QED) is 0.556. The molecule has 0 spiro atoms. The van der Waals surface area contributed by atoms with E-state index in [2.05, 4.69) is 0 Å². The first-order valence-corrected chi connectivity index (χ1v) is 0. The maximum absolute atomic E-state index is 0. The van der Waals surface area contributed by atoms with Crippen molar-refractivity contribution in [3.8, 4) is 0 Å². The van der Waals surface area contributed by atoms with Crippen molar-refractivity contribution in [3.05, 3.63) is 0 Å². The van der Waals surface area contributed by atoms with Crippen LogP contribution in [0.1, 0.15) is 0 Å². The van der Waals surface area contributed by atoms with Crippen LogP contribution in [0.3, 0.4) is 0 Å². The van der Waals surface area contributed by atoms with E-state index in [-0.39, 0.29) is 78.4 Å². The molecule has 0 fully saturated rings. The molecule has 0 aliphatic heterocycles. The van der Waals surface area contributed by atoms with Gasteiger partial charge in [0.05, 0.1) is 0 Å². The summed E-state index contributed by atoms with van der Waals surface area (Å²) in [5, 5.41) is 0. The maximum atomic E-state index is 0. The van der Waals surface area contributed by atoms with E-state index < -0.39 is 0 Å². The van der Waals surface area contributed by atoms with Crippen LogP contribution in [0.2, 0.25) is 0 Å². The number of hydrogen-bond acceptors (Lipinski definition) is 0. The normalized spacial score (nSPS) is 0. The molecule has 0 rings (SSSR count). The molecule has 0 saturated carbocycles. The molecule has 0 N–H and O–H groups in total. The van der Waals surface area contributed by atoms with Crippen LogP contribution in [0.4, 0.5) is 0 Å². The van der Waals surface area contributed by atoms with Crippen molar-refractivity contribution >= 4 is 61.6 Å². The molecule has 0 heterocycles. The summed E-state index contributed by atoms with van der Waals surface area (Å²) in [5.41, 5.74) is 0. The standard InChI is InChI=1S/Co.2In.P/q;;+3;-3. The molecule has 0 aliphatic rings. The monoisotopic (exact) mass is 320 g/mol. The molecule has 0 aliphatic carbocycles. The Kier molecular flexibility index (Phi) is 130. The maximum Gasteiger partial charge on any atom is 3.00 e. The number of rotatable bonds is 0. The first-order valence-electron chi connectivity index (χ1n) is 0. The smallest absolute Gasteiger partial charge is 3.00 e. The van der Waals surface area contributed by atoms with Gasteiger partial charge >= 0.3 is 25.8 Å². The third-order valence-corrected chi connectivity index (χ3v) is 0. The molecule has 0 atom stereocenters. The van der Waals surface area contributed by atoms with E-state index in [1.165, 1.54) is 0 Å². The third kappa shape index (κ3) is 8.82. The largest absolute Gasteiger partial charge is 3.00 e. The van der Waals surface area contributed by atoms with Gasteiger partial charge in [0, 0.05) is 42.6 Å². The molecule has 0 aromatic carbocycles. The van der Waals surface area contributed by atoms with Gasteiger partial charge in [0.1, 0.15) is 0 Å². The summed E-state index contributed by atoms with van der Waals surface area (Å²) >= 11 is 0. The van der Waals surface area contributed by atoms with Crippen molar-refractivity contribution in [2.75, 3.05) is 0 Å². The van der Waals surface area contributed by atoms with Crippen molar-refractivity contribution in [3.63, 3.8) is 0 Å². The van der Waals surface area contributed by atoms with Gasteiger partial charge in [-0.25, -0.2) is 0 Å². The summed E-state index contributed by atoms with van der Waals surface area (Å²) in [7, 11) is 0. The predicted molar refractivity (Wildman–Crippen MR) is 18.4 cm³/mol. The molecule has 4 heteroatoms. The van der Waals surface area contributed by atoms with Gasteiger partial charge in [0.15, 0.2) is 0 Å². The van der Waals surface area contributed by atoms with Crippen molar-refractivity contribution < 1.29 is 16.8 Å². The average Bonchev–Trinajstić information content (AvgIpc) is 0. The summed E-state index contributed by atoms with van der Waals surface area (Å²) in [6, 6.07) is 0. The van der Waals surface area contributed by atoms with E-state index in [0.717, 1.165) is 0 Å². The molecular formula is CoIn2P. The molecule has 20 valence electrons. The second-order valence-electron chi connectivity index (χ2n) is 0. The Labute approximate surface area is 77.3 Å². The average molecular weight is 320 g/mol. The van der Waals surface area contributed by atoms with Gasteiger partial charge in [0.25, 0.3) is 0 Å². The fraction of sp³-hybridized carbons (Fsp3) is 0. The minimum Gasteiger partial charge on any atom is -3.00 e. The van der Waals surface area contributed by atoms with Crippen molar-refractivity contribution in [2.45, 2.75) is 0 Å². The Morgan fingerprint density at radius 2 is 1.00 bits per heavy atom. The second-order valence-corrected chi connectivity index (χ2v) is 0. The summed E-state index contributed by atoms with van der Waals surface area (Å²) in [5.74, 6) is 0. The van der Waals surface area contributed by atoms with Crippen LogP contribution < -0.4 is 0 Å². The molecule has 0 saturated heterocycles. The van der Waals surface area contributed by atoms with E-state index in [0.29, 0.717) is 0 Å². The van der Waals surface area contributed by atoms with E-state index in [1.54, 1.807) is 0 Å². The van der Waals surface area contributed by atoms with Gasteiger partial charge in [-0.2, -0.15) is 0 Å². The van der Waals surface area contributed by atoms with Crippen LogP contribution >= 0.6 is 9.90 Å². The third-order valence-electron chi connectivity index (χ3n) is 0. The van der Waals surface area contributed by atoms with Gasteiger partial charge in [-0.3, -0.25) is 0 Å². The minimum atomic E-state index is 0. The van der Waals surface area contributed by atoms with Crippen LogP contribution in [0, 0.1) is 0 Å². The van der Waals surface area contributed by atoms with Gasteiger partial charge in [-0.15, -0.1) is 0 Å². The Morgan fingerprint density at radius 3 is 1.00 bits per heavy atom. The minimum absolute atomic E-state index is 0. The molecule has 0 amide bonds. The Balaban J connectivity index is 0. The Morgan fingerprint density at radius 1 is 1.00 bits per heavy atom. The van der Waals surface area contributed by atoms with Gasteiger partial charge < -0.3 is 9.90 Å². The zero-order valence-electron chi connectivity index (χ0n) is 1.94. The van der Waals surface area contributed by atoms with E-state index >= 15 is 0 Å². The van der Waals surface area contributed by atoms with Crippen LogP contribution in [-0.2, 0) is 16.8 Å². The topological polar surface area (TPSA) is 0 Å². The summed E-state index contributed by atoms with van der Waals surface area (Å²) in [6.45, 7) is 0. The molecule has 0 bridgehead atoms. The van der Waals surface area contributed by atoms with Crippen LogP contribution in [0.15, 0.2) is 0 Å². The molecular weight excluding hydrogens is 320 g/mol. The molecule has 0 aromatic rings. The van der Waals surface area contributed by atoms with Gasteiger partial charge in [0.2, 0.25) is 0 Å².